The summed E-state index contributed by atoms with van der Waals surface area (Å²) in [4.78, 5) is 0.130. The number of aryl methyl sites for hydroxylation is 1. The smallest absolute Gasteiger partial charge is 0.240 e. The number of nitrogens with two attached hydrogens (primary N) is 1. The molecule has 6 heteroatoms. The lowest BCUT2D eigenvalue weighted by Crippen LogP contribution is -2.32. The number of aliphatic hydroxyl groups excluding tert-OH is 1. The van der Waals surface area contributed by atoms with Crippen LogP contribution in [0.15, 0.2) is 23.1 Å². The molecule has 5 nitrogen and oxygen atoms in total. The van der Waals surface area contributed by atoms with Gasteiger partial charge in [-0.25, -0.2) is 13.1 Å². The fraction of sp³-hybridized carbons (Fsp3) is 0.538. The second-order valence-electron chi connectivity index (χ2n) is 4.51. The Morgan fingerprint density at radius 3 is 2.58 bits per heavy atom. The molecule has 0 aliphatic heterocycles. The molecule has 0 spiro atoms. The van der Waals surface area contributed by atoms with E-state index in [0.29, 0.717) is 12.1 Å². The van der Waals surface area contributed by atoms with Gasteiger partial charge in [0.25, 0.3) is 0 Å². The summed E-state index contributed by atoms with van der Waals surface area (Å²) in [6.07, 6.45) is 1.47. The summed E-state index contributed by atoms with van der Waals surface area (Å²) in [6, 6.07) is 4.70. The van der Waals surface area contributed by atoms with E-state index in [1.165, 1.54) is 12.1 Å². The van der Waals surface area contributed by atoms with E-state index in [0.717, 1.165) is 18.4 Å². The normalized spacial score (nSPS) is 13.4. The maximum Gasteiger partial charge on any atom is 0.240 e. The van der Waals surface area contributed by atoms with E-state index >= 15 is 0 Å². The van der Waals surface area contributed by atoms with Crippen molar-refractivity contribution in [1.29, 1.82) is 0 Å². The molecule has 0 bridgehead atoms. The van der Waals surface area contributed by atoms with Gasteiger partial charge in [-0.15, -0.1) is 0 Å². The van der Waals surface area contributed by atoms with E-state index in [-0.39, 0.29) is 11.4 Å². The van der Waals surface area contributed by atoms with E-state index < -0.39 is 16.1 Å². The number of nitrogens with one attached hydrogen (secondary N) is 1. The third-order valence-corrected chi connectivity index (χ3v) is 4.36. The number of hydrogen-bond donors (Lipinski definition) is 3. The summed E-state index contributed by atoms with van der Waals surface area (Å²) in [7, 11) is -3.61. The molecule has 1 atom stereocenters. The third kappa shape index (κ3) is 4.49. The molecule has 0 saturated heterocycles. The first kappa shape index (κ1) is 15.9. The van der Waals surface area contributed by atoms with Crippen molar-refractivity contribution in [3.05, 3.63) is 23.8 Å². The number of nitrogen functional groups attached to an aromatic ring is 1. The molecule has 19 heavy (non-hydrogen) atoms. The Bertz CT molecular complexity index is 515. The molecule has 1 aromatic rings. The van der Waals surface area contributed by atoms with Gasteiger partial charge in [-0.05, 0) is 30.5 Å². The summed E-state index contributed by atoms with van der Waals surface area (Å²) >= 11 is 0. The van der Waals surface area contributed by atoms with E-state index in [1.54, 1.807) is 6.07 Å². The molecule has 0 radical (unpaired) electrons. The van der Waals surface area contributed by atoms with Gasteiger partial charge in [-0.2, -0.15) is 0 Å². The lowest BCUT2D eigenvalue weighted by molar-refractivity contribution is 0.167. The minimum atomic E-state index is -3.61. The van der Waals surface area contributed by atoms with Crippen molar-refractivity contribution in [2.24, 2.45) is 0 Å². The van der Waals surface area contributed by atoms with Crippen molar-refractivity contribution in [3.8, 4) is 0 Å². The molecule has 108 valence electrons. The maximum absolute atomic E-state index is 12.0. The molecule has 0 saturated carbocycles. The lowest BCUT2D eigenvalue weighted by Gasteiger charge is -2.12. The molecule has 1 unspecified atom stereocenters. The molecular weight excluding hydrogens is 264 g/mol. The first-order valence-corrected chi connectivity index (χ1v) is 7.95. The Morgan fingerprint density at radius 2 is 2.05 bits per heavy atom. The largest absolute Gasteiger partial charge is 0.398 e. The van der Waals surface area contributed by atoms with Crippen molar-refractivity contribution in [1.82, 2.24) is 4.72 Å². The minimum Gasteiger partial charge on any atom is -0.398 e. The number of sulfonamides is 1. The highest BCUT2D eigenvalue weighted by Crippen LogP contribution is 2.18. The zero-order valence-corrected chi connectivity index (χ0v) is 12.2. The van der Waals surface area contributed by atoms with Gasteiger partial charge in [-0.3, -0.25) is 0 Å². The molecule has 4 N–H and O–H groups in total. The van der Waals surface area contributed by atoms with Gasteiger partial charge >= 0.3 is 0 Å². The monoisotopic (exact) mass is 286 g/mol. The molecule has 0 fully saturated rings. The lowest BCUT2D eigenvalue weighted by atomic mass is 10.1. The van der Waals surface area contributed by atoms with Crippen molar-refractivity contribution in [2.45, 2.75) is 44.1 Å². The zero-order chi connectivity index (χ0) is 14.5. The van der Waals surface area contributed by atoms with Crippen LogP contribution in [-0.2, 0) is 16.4 Å². The summed E-state index contributed by atoms with van der Waals surface area (Å²) in [5.74, 6) is 0. The van der Waals surface area contributed by atoms with Gasteiger partial charge in [0.15, 0.2) is 0 Å². The third-order valence-electron chi connectivity index (χ3n) is 2.94. The average Bonchev–Trinajstić information content (AvgIpc) is 2.37. The van der Waals surface area contributed by atoms with Crippen molar-refractivity contribution in [2.75, 3.05) is 12.3 Å². The second-order valence-corrected chi connectivity index (χ2v) is 6.28. The Labute approximate surface area is 114 Å². The van der Waals surface area contributed by atoms with Crippen molar-refractivity contribution in [3.63, 3.8) is 0 Å². The van der Waals surface area contributed by atoms with Gasteiger partial charge in [0.2, 0.25) is 10.0 Å². The van der Waals surface area contributed by atoms with Gasteiger partial charge in [0.05, 0.1) is 11.0 Å². The fourth-order valence-electron chi connectivity index (χ4n) is 1.79. The number of aliphatic hydroxyl groups is 1. The van der Waals surface area contributed by atoms with Gasteiger partial charge in [-0.1, -0.05) is 26.3 Å². The van der Waals surface area contributed by atoms with E-state index in [9.17, 15) is 13.5 Å². The molecule has 0 aliphatic carbocycles. The number of anilines is 1. The molecule has 1 aromatic carbocycles. The predicted octanol–water partition coefficient (Wildman–Crippen LogP) is 1.27. The van der Waals surface area contributed by atoms with E-state index in [4.69, 9.17) is 5.73 Å². The van der Waals surface area contributed by atoms with Crippen LogP contribution in [0.1, 0.15) is 32.3 Å². The molecule has 0 aromatic heterocycles. The molecule has 0 aliphatic rings. The Hall–Kier alpha value is -1.11. The first-order chi connectivity index (χ1) is 8.90. The van der Waals surface area contributed by atoms with Crippen LogP contribution >= 0.6 is 0 Å². The van der Waals surface area contributed by atoms with Gasteiger partial charge in [0.1, 0.15) is 0 Å². The quantitative estimate of drug-likeness (QED) is 0.658. The topological polar surface area (TPSA) is 92.4 Å². The Kier molecular flexibility index (Phi) is 5.78. The highest BCUT2D eigenvalue weighted by molar-refractivity contribution is 7.89. The number of hydrogen-bond acceptors (Lipinski definition) is 4. The first-order valence-electron chi connectivity index (χ1n) is 6.46. The molecular formula is C13H22N2O3S. The SMILES string of the molecule is CCCC(O)CNS(=O)(=O)c1ccc(CC)c(N)c1. The number of benzene rings is 1. The van der Waals surface area contributed by atoms with Crippen LogP contribution in [-0.4, -0.2) is 26.2 Å². The van der Waals surface area contributed by atoms with E-state index in [1.807, 2.05) is 13.8 Å². The summed E-state index contributed by atoms with van der Waals surface area (Å²) < 4.78 is 26.4. The Balaban J connectivity index is 2.80. The van der Waals surface area contributed by atoms with Crippen molar-refractivity contribution >= 4 is 15.7 Å². The van der Waals surface area contributed by atoms with Crippen LogP contribution in [0, 0.1) is 0 Å². The van der Waals surface area contributed by atoms with Crippen LogP contribution in [0.3, 0.4) is 0 Å². The predicted molar refractivity (Wildman–Crippen MR) is 76.3 cm³/mol. The van der Waals surface area contributed by atoms with Crippen LogP contribution in [0.25, 0.3) is 0 Å². The summed E-state index contributed by atoms with van der Waals surface area (Å²) in [5.41, 5.74) is 7.18. The summed E-state index contributed by atoms with van der Waals surface area (Å²) in [5, 5.41) is 9.54. The summed E-state index contributed by atoms with van der Waals surface area (Å²) in [6.45, 7) is 3.91. The molecule has 0 heterocycles. The molecule has 0 amide bonds. The van der Waals surface area contributed by atoms with Crippen LogP contribution in [0.2, 0.25) is 0 Å². The van der Waals surface area contributed by atoms with E-state index in [2.05, 4.69) is 4.72 Å². The second kappa shape index (κ2) is 6.88. The molecule has 1 rings (SSSR count). The van der Waals surface area contributed by atoms with Crippen LogP contribution in [0.5, 0.6) is 0 Å². The van der Waals surface area contributed by atoms with Crippen LogP contribution < -0.4 is 10.5 Å². The Morgan fingerprint density at radius 1 is 1.37 bits per heavy atom. The highest BCUT2D eigenvalue weighted by atomic mass is 32.2. The maximum atomic E-state index is 12.0. The zero-order valence-electron chi connectivity index (χ0n) is 11.4. The minimum absolute atomic E-state index is 0.0195. The van der Waals surface area contributed by atoms with Crippen LogP contribution in [0.4, 0.5) is 5.69 Å². The highest BCUT2D eigenvalue weighted by Gasteiger charge is 2.16. The van der Waals surface area contributed by atoms with Gasteiger partial charge in [0, 0.05) is 12.2 Å². The van der Waals surface area contributed by atoms with Crippen molar-refractivity contribution < 1.29 is 13.5 Å². The number of rotatable bonds is 7. The standard InChI is InChI=1S/C13H22N2O3S/c1-3-5-11(16)9-15-19(17,18)12-7-6-10(4-2)13(14)8-12/h6-8,11,15-16H,3-5,9,14H2,1-2H3. The fourth-order valence-corrected chi connectivity index (χ4v) is 2.89. The average molecular weight is 286 g/mol. The van der Waals surface area contributed by atoms with Gasteiger partial charge < -0.3 is 10.8 Å².